The van der Waals surface area contributed by atoms with Crippen LogP contribution in [0.4, 0.5) is 14.6 Å². The fourth-order valence-electron chi connectivity index (χ4n) is 2.78. The molecule has 0 saturated heterocycles. The first-order valence-electron chi connectivity index (χ1n) is 8.95. The van der Waals surface area contributed by atoms with Crippen LogP contribution in [0.15, 0.2) is 52.2 Å². The van der Waals surface area contributed by atoms with Crippen molar-refractivity contribution in [2.24, 2.45) is 5.10 Å². The van der Waals surface area contributed by atoms with Crippen LogP contribution in [0.3, 0.4) is 0 Å². The molecule has 2 aromatic carbocycles. The number of carbonyl (C=O) groups excluding carboxylic acids is 1. The van der Waals surface area contributed by atoms with Crippen molar-refractivity contribution in [3.8, 4) is 22.8 Å². The van der Waals surface area contributed by atoms with E-state index >= 15 is 0 Å². The molecule has 0 aliphatic rings. The summed E-state index contributed by atoms with van der Waals surface area (Å²) in [5.41, 5.74) is 8.34. The molecule has 0 aliphatic heterocycles. The van der Waals surface area contributed by atoms with Crippen molar-refractivity contribution in [1.82, 2.24) is 30.7 Å². The van der Waals surface area contributed by atoms with E-state index in [0.29, 0.717) is 11.3 Å². The third-order valence-corrected chi connectivity index (χ3v) is 4.25. The van der Waals surface area contributed by atoms with E-state index < -0.39 is 17.5 Å². The van der Waals surface area contributed by atoms with Gasteiger partial charge in [0.2, 0.25) is 11.6 Å². The molecular formula is C19H14F2N8O3. The highest BCUT2D eigenvalue weighted by atomic mass is 19.1. The van der Waals surface area contributed by atoms with Crippen LogP contribution in [0.1, 0.15) is 16.1 Å². The highest BCUT2D eigenvalue weighted by molar-refractivity contribution is 5.99. The number of nitrogen functional groups attached to an aromatic ring is 1. The lowest BCUT2D eigenvalue weighted by atomic mass is 10.1. The van der Waals surface area contributed by atoms with Gasteiger partial charge in [0.05, 0.1) is 13.3 Å². The maximum atomic E-state index is 13.7. The number of nitrogens with one attached hydrogen (secondary N) is 1. The molecule has 1 amide bonds. The number of aromatic nitrogens is 5. The van der Waals surface area contributed by atoms with Gasteiger partial charge in [0.1, 0.15) is 23.1 Å². The summed E-state index contributed by atoms with van der Waals surface area (Å²) in [5.74, 6) is -1.70. The fraction of sp³-hybridized carbons (Fsp3) is 0.0526. The summed E-state index contributed by atoms with van der Waals surface area (Å²) in [7, 11) is 1.49. The second kappa shape index (κ2) is 8.59. The van der Waals surface area contributed by atoms with Gasteiger partial charge in [-0.2, -0.15) is 9.78 Å². The molecule has 3 N–H and O–H groups in total. The van der Waals surface area contributed by atoms with E-state index in [1.54, 1.807) is 24.3 Å². The summed E-state index contributed by atoms with van der Waals surface area (Å²) in [6.07, 6.45) is 0.964. The van der Waals surface area contributed by atoms with Crippen molar-refractivity contribution >= 4 is 17.9 Å². The summed E-state index contributed by atoms with van der Waals surface area (Å²) in [6.45, 7) is 0. The van der Waals surface area contributed by atoms with Crippen molar-refractivity contribution in [3.05, 3.63) is 65.4 Å². The highest BCUT2D eigenvalue weighted by Crippen LogP contribution is 2.28. The second-order valence-electron chi connectivity index (χ2n) is 6.27. The van der Waals surface area contributed by atoms with Crippen LogP contribution in [0.2, 0.25) is 0 Å². The lowest BCUT2D eigenvalue weighted by Gasteiger charge is -2.07. The van der Waals surface area contributed by atoms with Crippen LogP contribution >= 0.6 is 0 Å². The first kappa shape index (κ1) is 20.6. The molecule has 32 heavy (non-hydrogen) atoms. The molecule has 0 saturated carbocycles. The van der Waals surface area contributed by atoms with Crippen LogP contribution in [0.25, 0.3) is 17.1 Å². The Bertz CT molecular complexity index is 1320. The van der Waals surface area contributed by atoms with Gasteiger partial charge in [0, 0.05) is 11.1 Å². The van der Waals surface area contributed by atoms with Crippen LogP contribution < -0.4 is 15.9 Å². The number of hydrogen-bond donors (Lipinski definition) is 2. The zero-order chi connectivity index (χ0) is 22.7. The van der Waals surface area contributed by atoms with E-state index in [2.05, 4.69) is 35.8 Å². The molecule has 0 fully saturated rings. The van der Waals surface area contributed by atoms with Crippen molar-refractivity contribution < 1.29 is 22.9 Å². The maximum Gasteiger partial charge on any atom is 0.294 e. The number of amides is 1. The number of rotatable bonds is 6. The van der Waals surface area contributed by atoms with Crippen molar-refractivity contribution in [2.45, 2.75) is 0 Å². The fourth-order valence-corrected chi connectivity index (χ4v) is 2.78. The molecule has 0 bridgehead atoms. The van der Waals surface area contributed by atoms with Crippen LogP contribution in [-0.2, 0) is 0 Å². The Morgan fingerprint density at radius 1 is 1.25 bits per heavy atom. The number of carbonyl (C=O) groups is 1. The molecule has 0 aliphatic carbocycles. The molecule has 0 unspecified atom stereocenters. The number of benzene rings is 2. The first-order chi connectivity index (χ1) is 15.5. The summed E-state index contributed by atoms with van der Waals surface area (Å²) < 4.78 is 38.0. The average molecular weight is 440 g/mol. The molecule has 11 nitrogen and oxygen atoms in total. The van der Waals surface area contributed by atoms with E-state index in [1.807, 2.05) is 0 Å². The Morgan fingerprint density at radius 2 is 2.09 bits per heavy atom. The number of nitrogens with zero attached hydrogens (tertiary/aromatic N) is 6. The molecule has 4 aromatic rings. The second-order valence-corrected chi connectivity index (χ2v) is 6.27. The molecule has 13 heteroatoms. The average Bonchev–Trinajstić information content (AvgIpc) is 3.42. The smallest absolute Gasteiger partial charge is 0.294 e. The van der Waals surface area contributed by atoms with Gasteiger partial charge in [-0.25, -0.2) is 18.8 Å². The summed E-state index contributed by atoms with van der Waals surface area (Å²) >= 11 is 0. The van der Waals surface area contributed by atoms with E-state index in [0.717, 1.165) is 24.4 Å². The van der Waals surface area contributed by atoms with Gasteiger partial charge >= 0.3 is 0 Å². The minimum absolute atomic E-state index is 0.0136. The lowest BCUT2D eigenvalue weighted by Crippen LogP contribution is -2.19. The number of ether oxygens (including phenoxy) is 1. The zero-order valence-corrected chi connectivity index (χ0v) is 16.4. The van der Waals surface area contributed by atoms with Gasteiger partial charge in [0.15, 0.2) is 5.69 Å². The molecule has 2 heterocycles. The Kier molecular flexibility index (Phi) is 5.53. The van der Waals surface area contributed by atoms with Crippen LogP contribution in [0, 0.1) is 11.6 Å². The Morgan fingerprint density at radius 3 is 2.84 bits per heavy atom. The predicted octanol–water partition coefficient (Wildman–Crippen LogP) is 1.95. The van der Waals surface area contributed by atoms with E-state index in [-0.39, 0.29) is 28.6 Å². The Labute approximate surface area is 178 Å². The first-order valence-corrected chi connectivity index (χ1v) is 8.95. The van der Waals surface area contributed by atoms with Crippen molar-refractivity contribution in [3.63, 3.8) is 0 Å². The Balaban J connectivity index is 1.71. The van der Waals surface area contributed by atoms with Crippen molar-refractivity contribution in [1.29, 1.82) is 0 Å². The molecule has 0 spiro atoms. The molecule has 162 valence electrons. The number of methoxy groups -OCH3 is 1. The molecule has 4 rings (SSSR count). The number of anilines is 1. The van der Waals surface area contributed by atoms with Gasteiger partial charge in [-0.3, -0.25) is 4.79 Å². The standard InChI is InChI=1S/C19H14F2N8O3/c1-31-13-4-2-3-10(8-13)16-15(24-28-29(16)18-17(22)26-32-27-18)19(30)25-23-9-11-7-12(20)5-6-14(11)21/h2-9H,1H3,(H2,22,26)(H,25,30)/b23-9-. The van der Waals surface area contributed by atoms with Crippen molar-refractivity contribution in [2.75, 3.05) is 12.8 Å². The number of nitrogens with two attached hydrogens (primary N) is 1. The summed E-state index contributed by atoms with van der Waals surface area (Å²) in [4.78, 5) is 12.8. The summed E-state index contributed by atoms with van der Waals surface area (Å²) in [5, 5.41) is 18.7. The van der Waals surface area contributed by atoms with Gasteiger partial charge in [-0.1, -0.05) is 17.3 Å². The highest BCUT2D eigenvalue weighted by Gasteiger charge is 2.25. The third-order valence-electron chi connectivity index (χ3n) is 4.25. The number of hydrazone groups is 1. The van der Waals surface area contributed by atoms with Gasteiger partial charge < -0.3 is 10.5 Å². The van der Waals surface area contributed by atoms with E-state index in [9.17, 15) is 13.6 Å². The predicted molar refractivity (Wildman–Crippen MR) is 107 cm³/mol. The van der Waals surface area contributed by atoms with Gasteiger partial charge in [-0.05, 0) is 40.6 Å². The number of hydrogen-bond acceptors (Lipinski definition) is 9. The minimum Gasteiger partial charge on any atom is -0.497 e. The van der Waals surface area contributed by atoms with Crippen LogP contribution in [-0.4, -0.2) is 44.5 Å². The monoisotopic (exact) mass is 440 g/mol. The SMILES string of the molecule is COc1cccc(-c2c(C(=O)N/N=C\c3cc(F)ccc3F)nnn2-c2nonc2N)c1. The zero-order valence-electron chi connectivity index (χ0n) is 16.4. The van der Waals surface area contributed by atoms with E-state index in [1.165, 1.54) is 11.8 Å². The topological polar surface area (TPSA) is 146 Å². The third kappa shape index (κ3) is 3.98. The molecular weight excluding hydrogens is 426 g/mol. The number of halogens is 2. The molecule has 2 aromatic heterocycles. The molecule has 0 atom stereocenters. The van der Waals surface area contributed by atoms with E-state index in [4.69, 9.17) is 10.5 Å². The minimum atomic E-state index is -0.780. The maximum absolute atomic E-state index is 13.7. The van der Waals surface area contributed by atoms with Gasteiger partial charge in [-0.15, -0.1) is 5.10 Å². The van der Waals surface area contributed by atoms with Crippen LogP contribution in [0.5, 0.6) is 5.75 Å². The lowest BCUT2D eigenvalue weighted by molar-refractivity contribution is 0.0950. The van der Waals surface area contributed by atoms with Gasteiger partial charge in [0.25, 0.3) is 5.91 Å². The molecule has 0 radical (unpaired) electrons. The Hall–Kier alpha value is -4.68. The quantitative estimate of drug-likeness (QED) is 0.342. The summed E-state index contributed by atoms with van der Waals surface area (Å²) in [6, 6.07) is 9.58. The largest absolute Gasteiger partial charge is 0.497 e. The normalized spacial score (nSPS) is 11.1.